The lowest BCUT2D eigenvalue weighted by Gasteiger charge is -2.05. The van der Waals surface area contributed by atoms with E-state index in [0.29, 0.717) is 23.5 Å². The van der Waals surface area contributed by atoms with E-state index in [1.807, 2.05) is 13.0 Å². The summed E-state index contributed by atoms with van der Waals surface area (Å²) in [5.74, 6) is -0.0415. The maximum Gasteiger partial charge on any atom is 0.230 e. The number of para-hydroxylation sites is 1. The van der Waals surface area contributed by atoms with Crippen LogP contribution in [0.4, 0.5) is 4.39 Å². The molecule has 0 radical (unpaired) electrons. The summed E-state index contributed by atoms with van der Waals surface area (Å²) in [6.45, 7) is 2.42. The number of hydrogen-bond acceptors (Lipinski definition) is 4. The van der Waals surface area contributed by atoms with Gasteiger partial charge in [-0.3, -0.25) is 4.79 Å². The summed E-state index contributed by atoms with van der Waals surface area (Å²) in [4.78, 5) is 14.9. The highest BCUT2D eigenvalue weighted by molar-refractivity contribution is 7.99. The van der Waals surface area contributed by atoms with E-state index >= 15 is 0 Å². The quantitative estimate of drug-likeness (QED) is 0.604. The molecule has 0 fully saturated rings. The number of H-pyrrole nitrogens is 2. The molecule has 3 aromatic rings. The van der Waals surface area contributed by atoms with Crippen molar-refractivity contribution in [3.05, 3.63) is 41.5 Å². The minimum atomic E-state index is -0.259. The van der Waals surface area contributed by atoms with Gasteiger partial charge in [0.25, 0.3) is 0 Å². The average molecular weight is 333 g/mol. The molecular formula is C15H16FN5OS. The van der Waals surface area contributed by atoms with Crippen LogP contribution in [0.2, 0.25) is 0 Å². The number of hydrogen-bond donors (Lipinski definition) is 3. The molecule has 0 spiro atoms. The Morgan fingerprint density at radius 2 is 2.30 bits per heavy atom. The van der Waals surface area contributed by atoms with E-state index in [0.717, 1.165) is 16.6 Å². The number of aromatic amines is 2. The Balaban J connectivity index is 1.55. The first kappa shape index (κ1) is 15.5. The van der Waals surface area contributed by atoms with E-state index in [-0.39, 0.29) is 17.5 Å². The third-order valence-corrected chi connectivity index (χ3v) is 4.44. The number of nitrogens with one attached hydrogen (secondary N) is 3. The number of carbonyl (C=O) groups excluding carboxylic acids is 1. The van der Waals surface area contributed by atoms with Crippen LogP contribution in [0.15, 0.2) is 29.4 Å². The van der Waals surface area contributed by atoms with E-state index in [2.05, 4.69) is 25.7 Å². The Kier molecular flexibility index (Phi) is 4.61. The summed E-state index contributed by atoms with van der Waals surface area (Å²) in [7, 11) is 0. The number of carbonyl (C=O) groups is 1. The van der Waals surface area contributed by atoms with Crippen molar-refractivity contribution in [2.45, 2.75) is 18.4 Å². The number of thioether (sulfide) groups is 1. The predicted molar refractivity (Wildman–Crippen MR) is 86.8 cm³/mol. The van der Waals surface area contributed by atoms with Gasteiger partial charge >= 0.3 is 0 Å². The minimum Gasteiger partial charge on any atom is -0.356 e. The van der Waals surface area contributed by atoms with Gasteiger partial charge in [0.15, 0.2) is 0 Å². The normalized spacial score (nSPS) is 11.0. The van der Waals surface area contributed by atoms with Gasteiger partial charge in [0.05, 0.1) is 17.5 Å². The molecule has 1 amide bonds. The molecule has 2 aromatic heterocycles. The van der Waals surface area contributed by atoms with Crippen LogP contribution in [0.1, 0.15) is 11.3 Å². The monoisotopic (exact) mass is 333 g/mol. The number of rotatable bonds is 6. The molecule has 1 aromatic carbocycles. The zero-order valence-corrected chi connectivity index (χ0v) is 13.3. The Morgan fingerprint density at radius 1 is 1.43 bits per heavy atom. The van der Waals surface area contributed by atoms with Crippen molar-refractivity contribution in [2.75, 3.05) is 12.3 Å². The van der Waals surface area contributed by atoms with Crippen LogP contribution in [-0.4, -0.2) is 38.6 Å². The zero-order chi connectivity index (χ0) is 16.2. The lowest BCUT2D eigenvalue weighted by atomic mass is 10.1. The summed E-state index contributed by atoms with van der Waals surface area (Å²) in [5.41, 5.74) is 2.48. The first-order valence-electron chi connectivity index (χ1n) is 7.16. The second-order valence-electron chi connectivity index (χ2n) is 5.09. The fourth-order valence-electron chi connectivity index (χ4n) is 2.47. The van der Waals surface area contributed by atoms with Gasteiger partial charge in [-0.1, -0.05) is 23.9 Å². The van der Waals surface area contributed by atoms with E-state index in [4.69, 9.17) is 0 Å². The summed E-state index contributed by atoms with van der Waals surface area (Å²) in [6, 6.07) is 5.02. The van der Waals surface area contributed by atoms with Crippen molar-refractivity contribution in [3.63, 3.8) is 0 Å². The second kappa shape index (κ2) is 6.82. The van der Waals surface area contributed by atoms with Crippen molar-refractivity contribution in [2.24, 2.45) is 0 Å². The SMILES string of the molecule is Cc1[nH]c2c(F)cccc2c1CCNC(=O)CSc1cn[nH]n1. The Labute approximate surface area is 136 Å². The predicted octanol–water partition coefficient (Wildman–Crippen LogP) is 2.18. The van der Waals surface area contributed by atoms with Crippen LogP contribution in [0.3, 0.4) is 0 Å². The third kappa shape index (κ3) is 3.53. The topological polar surface area (TPSA) is 86.5 Å². The van der Waals surface area contributed by atoms with Gasteiger partial charge in [-0.25, -0.2) is 4.39 Å². The lowest BCUT2D eigenvalue weighted by Crippen LogP contribution is -2.27. The molecule has 3 N–H and O–H groups in total. The maximum atomic E-state index is 13.7. The van der Waals surface area contributed by atoms with Crippen LogP contribution < -0.4 is 5.32 Å². The average Bonchev–Trinajstić information content (AvgIpc) is 3.15. The largest absolute Gasteiger partial charge is 0.356 e. The number of amides is 1. The van der Waals surface area contributed by atoms with Crippen molar-refractivity contribution < 1.29 is 9.18 Å². The van der Waals surface area contributed by atoms with Crippen LogP contribution >= 0.6 is 11.8 Å². The highest BCUT2D eigenvalue weighted by Gasteiger charge is 2.11. The van der Waals surface area contributed by atoms with Crippen molar-refractivity contribution in [3.8, 4) is 0 Å². The van der Waals surface area contributed by atoms with Crippen molar-refractivity contribution in [1.82, 2.24) is 25.7 Å². The highest BCUT2D eigenvalue weighted by atomic mass is 32.2. The molecule has 0 aliphatic rings. The van der Waals surface area contributed by atoms with Crippen LogP contribution in [0.25, 0.3) is 10.9 Å². The van der Waals surface area contributed by atoms with Gasteiger partial charge in [-0.2, -0.15) is 10.3 Å². The van der Waals surface area contributed by atoms with Gasteiger partial charge in [0.2, 0.25) is 5.91 Å². The molecule has 23 heavy (non-hydrogen) atoms. The van der Waals surface area contributed by atoms with E-state index in [1.54, 1.807) is 12.3 Å². The van der Waals surface area contributed by atoms with E-state index < -0.39 is 0 Å². The summed E-state index contributed by atoms with van der Waals surface area (Å²) in [5, 5.41) is 14.5. The highest BCUT2D eigenvalue weighted by Crippen LogP contribution is 2.24. The Hall–Kier alpha value is -2.35. The standard InChI is InChI=1S/C15H16FN5OS/c1-9-10(11-3-2-4-12(16)15(11)19-9)5-6-17-13(22)8-23-14-7-18-21-20-14/h2-4,7,19H,5-6,8H2,1H3,(H,17,22)(H,18,20,21). The first-order valence-corrected chi connectivity index (χ1v) is 8.14. The fraction of sp³-hybridized carbons (Fsp3) is 0.267. The van der Waals surface area contributed by atoms with E-state index in [1.165, 1.54) is 17.8 Å². The summed E-state index contributed by atoms with van der Waals surface area (Å²) in [6.07, 6.45) is 2.22. The molecule has 0 aliphatic carbocycles. The molecule has 3 rings (SSSR count). The molecule has 6 nitrogen and oxygen atoms in total. The first-order chi connectivity index (χ1) is 11.1. The molecule has 0 aliphatic heterocycles. The van der Waals surface area contributed by atoms with Crippen molar-refractivity contribution in [1.29, 1.82) is 0 Å². The third-order valence-electron chi connectivity index (χ3n) is 3.55. The lowest BCUT2D eigenvalue weighted by molar-refractivity contribution is -0.118. The maximum absolute atomic E-state index is 13.7. The molecule has 2 heterocycles. The number of benzene rings is 1. The van der Waals surface area contributed by atoms with Gasteiger partial charge in [-0.15, -0.1) is 5.10 Å². The summed E-state index contributed by atoms with van der Waals surface area (Å²) < 4.78 is 13.7. The molecule has 0 saturated heterocycles. The minimum absolute atomic E-state index is 0.0679. The molecule has 0 bridgehead atoms. The van der Waals surface area contributed by atoms with Crippen molar-refractivity contribution >= 4 is 28.6 Å². The van der Waals surface area contributed by atoms with Gasteiger partial charge in [0.1, 0.15) is 10.8 Å². The van der Waals surface area contributed by atoms with Gasteiger partial charge in [-0.05, 0) is 25.0 Å². The molecule has 0 saturated carbocycles. The molecular weight excluding hydrogens is 317 g/mol. The number of fused-ring (bicyclic) bond motifs is 1. The molecule has 8 heteroatoms. The number of aromatic nitrogens is 4. The smallest absolute Gasteiger partial charge is 0.230 e. The van der Waals surface area contributed by atoms with Crippen LogP contribution in [0, 0.1) is 12.7 Å². The number of aryl methyl sites for hydroxylation is 1. The zero-order valence-electron chi connectivity index (χ0n) is 12.5. The number of halogens is 1. The Bertz CT molecular complexity index is 815. The number of nitrogens with zero attached hydrogens (tertiary/aromatic N) is 2. The fourth-order valence-corrected chi connectivity index (χ4v) is 3.08. The van der Waals surface area contributed by atoms with Crippen LogP contribution in [0.5, 0.6) is 0 Å². The van der Waals surface area contributed by atoms with E-state index in [9.17, 15) is 9.18 Å². The molecule has 120 valence electrons. The second-order valence-corrected chi connectivity index (χ2v) is 6.08. The van der Waals surface area contributed by atoms with Crippen LogP contribution in [-0.2, 0) is 11.2 Å². The van der Waals surface area contributed by atoms with Gasteiger partial charge in [0, 0.05) is 17.6 Å². The summed E-state index contributed by atoms with van der Waals surface area (Å²) >= 11 is 1.32. The molecule has 0 atom stereocenters. The van der Waals surface area contributed by atoms with Gasteiger partial charge < -0.3 is 10.3 Å². The molecule has 0 unspecified atom stereocenters. The Morgan fingerprint density at radius 3 is 3.09 bits per heavy atom.